The first-order valence-electron chi connectivity index (χ1n) is 36.5. The highest BCUT2D eigenvalue weighted by Gasteiger charge is 2.44. The summed E-state index contributed by atoms with van der Waals surface area (Å²) < 4.78 is 11.4. The number of amides is 1. The molecule has 7 atom stereocenters. The molecule has 1 saturated heterocycles. The van der Waals surface area contributed by atoms with Crippen molar-refractivity contribution >= 4 is 5.91 Å². The molecule has 1 rings (SSSR count). The first kappa shape index (κ1) is 79.9. The van der Waals surface area contributed by atoms with Crippen LogP contribution in [0.3, 0.4) is 0 Å². The van der Waals surface area contributed by atoms with Crippen molar-refractivity contribution in [3.8, 4) is 0 Å². The van der Waals surface area contributed by atoms with E-state index in [9.17, 15) is 30.3 Å². The number of carbonyl (C=O) groups excluding carboxylic acids is 1. The van der Waals surface area contributed by atoms with Crippen LogP contribution in [0.1, 0.15) is 354 Å². The lowest BCUT2D eigenvalue weighted by molar-refractivity contribution is -0.302. The minimum atomic E-state index is -1.55. The molecule has 0 radical (unpaired) electrons. The molecule has 6 N–H and O–H groups in total. The van der Waals surface area contributed by atoms with Gasteiger partial charge in [-0.1, -0.05) is 351 Å². The molecule has 492 valence electrons. The van der Waals surface area contributed by atoms with Gasteiger partial charge in [0.05, 0.1) is 25.4 Å². The SMILES string of the molecule is CC/C=C\C/C=C\C/C=C\C/C=C\C/C=C\CCCCCCCCCCCCCCCCCCCCCCCCCCCC(=O)NC(COC1OC(CO)C(O)C(O)C1O)C(O)CCCCCCCCCCCCCCCCCCCCCC. The number of hydrogen-bond donors (Lipinski definition) is 6. The lowest BCUT2D eigenvalue weighted by Gasteiger charge is -2.40. The molecule has 1 amide bonds. The highest BCUT2D eigenvalue weighted by Crippen LogP contribution is 2.24. The molecule has 0 spiro atoms. The van der Waals surface area contributed by atoms with Gasteiger partial charge < -0.3 is 40.3 Å². The first-order valence-corrected chi connectivity index (χ1v) is 36.5. The average Bonchev–Trinajstić information content (AvgIpc) is 3.70. The smallest absolute Gasteiger partial charge is 0.220 e. The molecule has 7 unspecified atom stereocenters. The molecule has 1 fully saturated rings. The summed E-state index contributed by atoms with van der Waals surface area (Å²) >= 11 is 0. The van der Waals surface area contributed by atoms with E-state index in [0.717, 1.165) is 70.6 Å². The second-order valence-corrected chi connectivity index (χ2v) is 25.4. The number of hydrogen-bond acceptors (Lipinski definition) is 8. The molecular formula is C75H139NO8. The Morgan fingerprint density at radius 2 is 0.738 bits per heavy atom. The van der Waals surface area contributed by atoms with Crippen molar-refractivity contribution in [1.29, 1.82) is 0 Å². The third kappa shape index (κ3) is 51.9. The van der Waals surface area contributed by atoms with Crippen molar-refractivity contribution in [2.24, 2.45) is 0 Å². The summed E-state index contributed by atoms with van der Waals surface area (Å²) in [6.45, 7) is 3.77. The number of allylic oxidation sites excluding steroid dienone is 10. The number of aliphatic hydroxyl groups excluding tert-OH is 5. The Hall–Kier alpha value is -2.11. The second-order valence-electron chi connectivity index (χ2n) is 25.4. The molecule has 9 nitrogen and oxygen atoms in total. The van der Waals surface area contributed by atoms with Gasteiger partial charge in [-0.2, -0.15) is 0 Å². The average molecular weight is 1180 g/mol. The lowest BCUT2D eigenvalue weighted by atomic mass is 9.99. The Bertz CT molecular complexity index is 1510. The Morgan fingerprint density at radius 1 is 0.417 bits per heavy atom. The number of nitrogens with one attached hydrogen (secondary N) is 1. The normalized spacial score (nSPS) is 18.5. The van der Waals surface area contributed by atoms with Gasteiger partial charge in [-0.05, 0) is 57.8 Å². The van der Waals surface area contributed by atoms with E-state index in [1.165, 1.54) is 257 Å². The molecule has 0 bridgehead atoms. The molecule has 1 heterocycles. The van der Waals surface area contributed by atoms with Gasteiger partial charge in [0, 0.05) is 6.42 Å². The number of unbranched alkanes of at least 4 members (excludes halogenated alkanes) is 44. The van der Waals surface area contributed by atoms with Crippen LogP contribution in [0.25, 0.3) is 0 Å². The third-order valence-corrected chi connectivity index (χ3v) is 17.4. The maximum atomic E-state index is 13.2. The number of aliphatic hydroxyl groups is 5. The summed E-state index contributed by atoms with van der Waals surface area (Å²) in [5, 5.41) is 54.9. The fraction of sp³-hybridized carbons (Fsp3) is 0.853. The number of rotatable bonds is 64. The van der Waals surface area contributed by atoms with Gasteiger partial charge in [0.25, 0.3) is 0 Å². The zero-order valence-electron chi connectivity index (χ0n) is 55.2. The van der Waals surface area contributed by atoms with Crippen molar-refractivity contribution in [1.82, 2.24) is 5.32 Å². The van der Waals surface area contributed by atoms with Gasteiger partial charge in [-0.15, -0.1) is 0 Å². The van der Waals surface area contributed by atoms with Gasteiger partial charge in [-0.3, -0.25) is 4.79 Å². The van der Waals surface area contributed by atoms with Crippen LogP contribution in [-0.2, 0) is 14.3 Å². The van der Waals surface area contributed by atoms with E-state index in [1.807, 2.05) is 0 Å². The zero-order chi connectivity index (χ0) is 60.7. The van der Waals surface area contributed by atoms with Crippen molar-refractivity contribution in [3.05, 3.63) is 60.8 Å². The van der Waals surface area contributed by atoms with Gasteiger partial charge >= 0.3 is 0 Å². The maximum Gasteiger partial charge on any atom is 0.220 e. The van der Waals surface area contributed by atoms with E-state index in [-0.39, 0.29) is 12.5 Å². The number of carbonyl (C=O) groups is 1. The monoisotopic (exact) mass is 1180 g/mol. The highest BCUT2D eigenvalue weighted by molar-refractivity contribution is 5.76. The number of ether oxygens (including phenoxy) is 2. The minimum absolute atomic E-state index is 0.134. The Labute approximate surface area is 519 Å². The van der Waals surface area contributed by atoms with Crippen LogP contribution in [0.2, 0.25) is 0 Å². The molecule has 0 aromatic heterocycles. The Morgan fingerprint density at radius 3 is 1.10 bits per heavy atom. The molecule has 84 heavy (non-hydrogen) atoms. The van der Waals surface area contributed by atoms with Crippen LogP contribution >= 0.6 is 0 Å². The molecule has 1 aliphatic heterocycles. The molecule has 9 heteroatoms. The third-order valence-electron chi connectivity index (χ3n) is 17.4. The van der Waals surface area contributed by atoms with Gasteiger partial charge in [0.1, 0.15) is 24.4 Å². The van der Waals surface area contributed by atoms with E-state index < -0.39 is 49.5 Å². The van der Waals surface area contributed by atoms with Crippen LogP contribution in [0, 0.1) is 0 Å². The van der Waals surface area contributed by atoms with Gasteiger partial charge in [-0.25, -0.2) is 0 Å². The van der Waals surface area contributed by atoms with Crippen molar-refractivity contribution in [2.75, 3.05) is 13.2 Å². The summed E-state index contributed by atoms with van der Waals surface area (Å²) in [7, 11) is 0. The van der Waals surface area contributed by atoms with E-state index >= 15 is 0 Å². The fourth-order valence-electron chi connectivity index (χ4n) is 11.7. The summed E-state index contributed by atoms with van der Waals surface area (Å²) in [6, 6.07) is -0.719. The first-order chi connectivity index (χ1) is 41.3. The van der Waals surface area contributed by atoms with Crippen LogP contribution < -0.4 is 5.32 Å². The van der Waals surface area contributed by atoms with Crippen LogP contribution in [0.5, 0.6) is 0 Å². The molecule has 0 aliphatic carbocycles. The predicted molar refractivity (Wildman–Crippen MR) is 359 cm³/mol. The van der Waals surface area contributed by atoms with Crippen molar-refractivity contribution in [2.45, 2.75) is 397 Å². The van der Waals surface area contributed by atoms with Crippen molar-refractivity contribution in [3.63, 3.8) is 0 Å². The maximum absolute atomic E-state index is 13.2. The van der Waals surface area contributed by atoms with E-state index in [0.29, 0.717) is 12.8 Å². The summed E-state index contributed by atoms with van der Waals surface area (Å²) in [5.74, 6) is -0.137. The molecule has 0 saturated carbocycles. The van der Waals surface area contributed by atoms with Gasteiger partial charge in [0.15, 0.2) is 6.29 Å². The Kier molecular flexibility index (Phi) is 60.8. The molecule has 1 aliphatic rings. The topological polar surface area (TPSA) is 149 Å². The van der Waals surface area contributed by atoms with E-state index in [4.69, 9.17) is 9.47 Å². The Balaban J connectivity index is 2.03. The summed E-state index contributed by atoms with van der Waals surface area (Å²) in [4.78, 5) is 13.2. The molecule has 0 aromatic carbocycles. The standard InChI is InChI=1S/C75H139NO8/c1-3-5-7-9-11-13-15-17-19-21-23-25-26-27-28-29-30-31-32-33-34-35-36-37-38-39-40-41-42-43-44-45-47-49-51-53-55-57-59-61-63-65-71(79)76-68(67-83-75-74(82)73(81)72(80)70(66-77)84-75)69(78)64-62-60-58-56-54-52-50-48-46-24-22-20-18-16-14-12-10-8-6-4-2/h5,7,11,13,17,19,23,25,27-28,68-70,72-75,77-78,80-82H,3-4,6,8-10,12,14-16,18,20-22,24,26,29-67H2,1-2H3,(H,76,79)/b7-5-,13-11-,19-17-,25-23-,28-27-. The molecule has 0 aromatic rings. The van der Waals surface area contributed by atoms with Crippen LogP contribution in [-0.4, -0.2) is 87.5 Å². The van der Waals surface area contributed by atoms with Crippen LogP contribution in [0.4, 0.5) is 0 Å². The van der Waals surface area contributed by atoms with Crippen LogP contribution in [0.15, 0.2) is 60.8 Å². The highest BCUT2D eigenvalue weighted by atomic mass is 16.7. The zero-order valence-corrected chi connectivity index (χ0v) is 55.2. The summed E-state index contributed by atoms with van der Waals surface area (Å²) in [5.41, 5.74) is 0. The largest absolute Gasteiger partial charge is 0.394 e. The predicted octanol–water partition coefficient (Wildman–Crippen LogP) is 20.1. The second kappa shape index (κ2) is 63.9. The van der Waals surface area contributed by atoms with E-state index in [2.05, 4.69) is 79.9 Å². The molecular weight excluding hydrogens is 1040 g/mol. The van der Waals surface area contributed by atoms with Gasteiger partial charge in [0.2, 0.25) is 5.91 Å². The lowest BCUT2D eigenvalue weighted by Crippen LogP contribution is -2.60. The fourth-order valence-corrected chi connectivity index (χ4v) is 11.7. The summed E-state index contributed by atoms with van der Waals surface area (Å²) in [6.07, 6.45) is 81.6. The van der Waals surface area contributed by atoms with Crippen molar-refractivity contribution < 1.29 is 39.8 Å². The minimum Gasteiger partial charge on any atom is -0.394 e. The van der Waals surface area contributed by atoms with E-state index in [1.54, 1.807) is 0 Å². The quantitative estimate of drug-likeness (QED) is 0.0261.